The lowest BCUT2D eigenvalue weighted by Gasteiger charge is -2.12. The molecule has 8 nitrogen and oxygen atoms in total. The standard InChI is InChI=1S/C24H32N4O4/c1-28(2)23(30)12-11-18-7-4-9-20(15-18)26-17-22(29)27-21-10-5-8-19(16-21)24(31)25-13-6-14-32-3/h4-5,7-10,15-16,26H,6,11-14,17H2,1-3H3,(H,25,31)(H,27,29). The van der Waals surface area contributed by atoms with Crippen LogP contribution in [0.3, 0.4) is 0 Å². The van der Waals surface area contributed by atoms with E-state index >= 15 is 0 Å². The van der Waals surface area contributed by atoms with Gasteiger partial charge in [-0.2, -0.15) is 0 Å². The highest BCUT2D eigenvalue weighted by Gasteiger charge is 2.09. The Bertz CT molecular complexity index is 914. The second kappa shape index (κ2) is 13.1. The highest BCUT2D eigenvalue weighted by Crippen LogP contribution is 2.14. The number of anilines is 2. The number of nitrogens with zero attached hydrogens (tertiary/aromatic N) is 1. The fourth-order valence-corrected chi connectivity index (χ4v) is 2.96. The Morgan fingerprint density at radius 1 is 1.00 bits per heavy atom. The normalized spacial score (nSPS) is 10.3. The van der Waals surface area contributed by atoms with Gasteiger partial charge in [-0.05, 0) is 48.7 Å². The number of carbonyl (C=O) groups excluding carboxylic acids is 3. The highest BCUT2D eigenvalue weighted by atomic mass is 16.5. The molecule has 0 bridgehead atoms. The summed E-state index contributed by atoms with van der Waals surface area (Å²) >= 11 is 0. The first-order chi connectivity index (χ1) is 15.4. The third-order valence-corrected chi connectivity index (χ3v) is 4.73. The smallest absolute Gasteiger partial charge is 0.251 e. The zero-order valence-electron chi connectivity index (χ0n) is 18.9. The van der Waals surface area contributed by atoms with Crippen LogP contribution in [-0.2, 0) is 20.7 Å². The number of rotatable bonds is 12. The number of aryl methyl sites for hydroxylation is 1. The molecule has 2 rings (SSSR count). The largest absolute Gasteiger partial charge is 0.385 e. The summed E-state index contributed by atoms with van der Waals surface area (Å²) in [5.41, 5.74) is 2.86. The molecule has 0 radical (unpaired) electrons. The molecule has 0 atom stereocenters. The van der Waals surface area contributed by atoms with Crippen molar-refractivity contribution in [1.29, 1.82) is 0 Å². The minimum absolute atomic E-state index is 0.0769. The Morgan fingerprint density at radius 3 is 2.50 bits per heavy atom. The Labute approximate surface area is 189 Å². The van der Waals surface area contributed by atoms with Gasteiger partial charge in [-0.3, -0.25) is 14.4 Å². The SMILES string of the molecule is COCCCNC(=O)c1cccc(NC(=O)CNc2cccc(CCC(=O)N(C)C)c2)c1. The van der Waals surface area contributed by atoms with Crippen LogP contribution < -0.4 is 16.0 Å². The summed E-state index contributed by atoms with van der Waals surface area (Å²) in [6.07, 6.45) is 1.81. The third-order valence-electron chi connectivity index (χ3n) is 4.73. The quantitative estimate of drug-likeness (QED) is 0.441. The lowest BCUT2D eigenvalue weighted by molar-refractivity contribution is -0.128. The first kappa shape index (κ1) is 24.9. The number of benzene rings is 2. The van der Waals surface area contributed by atoms with Gasteiger partial charge in [0.1, 0.15) is 0 Å². The van der Waals surface area contributed by atoms with Gasteiger partial charge in [0.15, 0.2) is 0 Å². The van der Waals surface area contributed by atoms with Crippen molar-refractivity contribution in [3.05, 3.63) is 59.7 Å². The zero-order chi connectivity index (χ0) is 23.3. The van der Waals surface area contributed by atoms with Crippen LogP contribution in [0.1, 0.15) is 28.8 Å². The van der Waals surface area contributed by atoms with Gasteiger partial charge in [-0.1, -0.05) is 18.2 Å². The van der Waals surface area contributed by atoms with Crippen molar-refractivity contribution in [2.75, 3.05) is 51.5 Å². The molecule has 2 aromatic rings. The van der Waals surface area contributed by atoms with Crippen LogP contribution in [0.25, 0.3) is 0 Å². The fraction of sp³-hybridized carbons (Fsp3) is 0.375. The summed E-state index contributed by atoms with van der Waals surface area (Å²) in [5, 5.41) is 8.72. The Morgan fingerprint density at radius 2 is 1.75 bits per heavy atom. The highest BCUT2D eigenvalue weighted by molar-refractivity contribution is 5.98. The van der Waals surface area contributed by atoms with Crippen LogP contribution in [0.2, 0.25) is 0 Å². The predicted octanol–water partition coefficient (Wildman–Crippen LogP) is 2.52. The maximum Gasteiger partial charge on any atom is 0.251 e. The Balaban J connectivity index is 1.83. The van der Waals surface area contributed by atoms with E-state index < -0.39 is 0 Å². The summed E-state index contributed by atoms with van der Waals surface area (Å²) in [4.78, 5) is 37.9. The molecule has 0 heterocycles. The maximum atomic E-state index is 12.3. The average Bonchev–Trinajstić information content (AvgIpc) is 2.79. The van der Waals surface area contributed by atoms with E-state index in [9.17, 15) is 14.4 Å². The van der Waals surface area contributed by atoms with Crippen molar-refractivity contribution in [2.24, 2.45) is 0 Å². The lowest BCUT2D eigenvalue weighted by Crippen LogP contribution is -2.25. The summed E-state index contributed by atoms with van der Waals surface area (Å²) in [6, 6.07) is 14.5. The van der Waals surface area contributed by atoms with Gasteiger partial charge in [0.05, 0.1) is 6.54 Å². The molecule has 0 aliphatic heterocycles. The number of nitrogens with one attached hydrogen (secondary N) is 3. The molecule has 0 aromatic heterocycles. The van der Waals surface area contributed by atoms with E-state index in [-0.39, 0.29) is 24.3 Å². The fourth-order valence-electron chi connectivity index (χ4n) is 2.96. The van der Waals surface area contributed by atoms with Gasteiger partial charge in [0.2, 0.25) is 11.8 Å². The van der Waals surface area contributed by atoms with Crippen molar-refractivity contribution >= 4 is 29.1 Å². The van der Waals surface area contributed by atoms with Crippen LogP contribution in [0, 0.1) is 0 Å². The number of ether oxygens (including phenoxy) is 1. The van der Waals surface area contributed by atoms with Crippen molar-refractivity contribution in [3.63, 3.8) is 0 Å². The maximum absolute atomic E-state index is 12.3. The van der Waals surface area contributed by atoms with Gasteiger partial charge in [-0.15, -0.1) is 0 Å². The van der Waals surface area contributed by atoms with E-state index in [2.05, 4.69) is 16.0 Å². The van der Waals surface area contributed by atoms with E-state index in [4.69, 9.17) is 4.74 Å². The molecule has 0 saturated carbocycles. The molecule has 0 unspecified atom stereocenters. The van der Waals surface area contributed by atoms with Crippen LogP contribution >= 0.6 is 0 Å². The summed E-state index contributed by atoms with van der Waals surface area (Å²) in [7, 11) is 5.10. The molecular weight excluding hydrogens is 408 g/mol. The topological polar surface area (TPSA) is 99.8 Å². The zero-order valence-corrected chi connectivity index (χ0v) is 18.9. The summed E-state index contributed by atoms with van der Waals surface area (Å²) in [6.45, 7) is 1.18. The van der Waals surface area contributed by atoms with Crippen LogP contribution in [-0.4, -0.2) is 63.5 Å². The molecule has 32 heavy (non-hydrogen) atoms. The average molecular weight is 441 g/mol. The number of carbonyl (C=O) groups is 3. The molecule has 0 aliphatic rings. The molecule has 3 N–H and O–H groups in total. The van der Waals surface area contributed by atoms with Gasteiger partial charge >= 0.3 is 0 Å². The van der Waals surface area contributed by atoms with Crippen molar-refractivity contribution < 1.29 is 19.1 Å². The lowest BCUT2D eigenvalue weighted by atomic mass is 10.1. The van der Waals surface area contributed by atoms with E-state index in [1.807, 2.05) is 24.3 Å². The molecule has 2 aromatic carbocycles. The van der Waals surface area contributed by atoms with E-state index in [1.54, 1.807) is 50.4 Å². The molecule has 0 fully saturated rings. The summed E-state index contributed by atoms with van der Waals surface area (Å²) < 4.78 is 4.96. The van der Waals surface area contributed by atoms with E-state index in [0.717, 1.165) is 17.7 Å². The minimum atomic E-state index is -0.226. The number of hydrogen-bond acceptors (Lipinski definition) is 5. The van der Waals surface area contributed by atoms with Gasteiger partial charge in [-0.25, -0.2) is 0 Å². The first-order valence-corrected chi connectivity index (χ1v) is 10.6. The minimum Gasteiger partial charge on any atom is -0.385 e. The van der Waals surface area contributed by atoms with Crippen LogP contribution in [0.15, 0.2) is 48.5 Å². The summed E-state index contributed by atoms with van der Waals surface area (Å²) in [5.74, 6) is -0.343. The van der Waals surface area contributed by atoms with Crippen molar-refractivity contribution in [3.8, 4) is 0 Å². The molecule has 8 heteroatoms. The second-order valence-corrected chi connectivity index (χ2v) is 7.57. The molecular formula is C24H32N4O4. The molecule has 0 saturated heterocycles. The van der Waals surface area contributed by atoms with Gasteiger partial charge in [0, 0.05) is 57.7 Å². The molecule has 172 valence electrons. The van der Waals surface area contributed by atoms with Crippen LogP contribution in [0.5, 0.6) is 0 Å². The van der Waals surface area contributed by atoms with Crippen LogP contribution in [0.4, 0.5) is 11.4 Å². The number of methoxy groups -OCH3 is 1. The second-order valence-electron chi connectivity index (χ2n) is 7.57. The van der Waals surface area contributed by atoms with E-state index in [0.29, 0.717) is 37.2 Å². The van der Waals surface area contributed by atoms with Crippen molar-refractivity contribution in [2.45, 2.75) is 19.3 Å². The molecule has 0 spiro atoms. The monoisotopic (exact) mass is 440 g/mol. The molecule has 3 amide bonds. The Hall–Kier alpha value is -3.39. The van der Waals surface area contributed by atoms with Gasteiger partial charge < -0.3 is 25.6 Å². The number of amides is 3. The predicted molar refractivity (Wildman–Crippen MR) is 126 cm³/mol. The molecule has 0 aliphatic carbocycles. The first-order valence-electron chi connectivity index (χ1n) is 10.6. The van der Waals surface area contributed by atoms with Gasteiger partial charge in [0.25, 0.3) is 5.91 Å². The third kappa shape index (κ3) is 8.77. The van der Waals surface area contributed by atoms with Crippen molar-refractivity contribution in [1.82, 2.24) is 10.2 Å². The van der Waals surface area contributed by atoms with E-state index in [1.165, 1.54) is 0 Å². The Kier molecular flexibility index (Phi) is 10.2. The number of hydrogen-bond donors (Lipinski definition) is 3.